The number of rotatable bonds is 3. The Morgan fingerprint density at radius 2 is 2.07 bits per heavy atom. The lowest BCUT2D eigenvalue weighted by molar-refractivity contribution is 0.112. The number of carbonyl (C=O) groups is 1. The Hall–Kier alpha value is -2.04. The van der Waals surface area contributed by atoms with Gasteiger partial charge in [0.15, 0.2) is 5.82 Å². The van der Waals surface area contributed by atoms with E-state index < -0.39 is 0 Å². The van der Waals surface area contributed by atoms with E-state index in [0.717, 1.165) is 24.2 Å². The Morgan fingerprint density at radius 3 is 2.67 bits per heavy atom. The predicted molar refractivity (Wildman–Crippen MR) is 54.3 cm³/mol. The standard InChI is InChI=1S/C10H10N4O/c1-2-14-10(11-12-13-14)9-5-3-8(7-15)4-6-9/h3-7H,2H2,1H3. The van der Waals surface area contributed by atoms with Gasteiger partial charge in [0.05, 0.1) is 0 Å². The molecular formula is C10H10N4O. The van der Waals surface area contributed by atoms with Crippen LogP contribution in [-0.2, 0) is 6.54 Å². The summed E-state index contributed by atoms with van der Waals surface area (Å²) in [4.78, 5) is 10.5. The first kappa shape index (κ1) is 9.51. The number of nitrogens with zero attached hydrogens (tertiary/aromatic N) is 4. The molecule has 0 aliphatic rings. The molecule has 5 heteroatoms. The number of hydrogen-bond acceptors (Lipinski definition) is 4. The Morgan fingerprint density at radius 1 is 1.33 bits per heavy atom. The number of carbonyl (C=O) groups excluding carboxylic acids is 1. The Bertz CT molecular complexity index is 461. The zero-order chi connectivity index (χ0) is 10.7. The van der Waals surface area contributed by atoms with E-state index in [4.69, 9.17) is 0 Å². The smallest absolute Gasteiger partial charge is 0.181 e. The van der Waals surface area contributed by atoms with Gasteiger partial charge in [0.1, 0.15) is 6.29 Å². The molecule has 0 N–H and O–H groups in total. The molecule has 2 rings (SSSR count). The maximum absolute atomic E-state index is 10.5. The minimum Gasteiger partial charge on any atom is -0.298 e. The van der Waals surface area contributed by atoms with E-state index in [1.165, 1.54) is 0 Å². The van der Waals surface area contributed by atoms with Gasteiger partial charge >= 0.3 is 0 Å². The fourth-order valence-corrected chi connectivity index (χ4v) is 1.34. The molecule has 0 aliphatic heterocycles. The van der Waals surface area contributed by atoms with E-state index in [1.807, 2.05) is 19.1 Å². The second kappa shape index (κ2) is 4.00. The van der Waals surface area contributed by atoms with Gasteiger partial charge in [-0.3, -0.25) is 4.79 Å². The first-order valence-corrected chi connectivity index (χ1v) is 4.67. The molecule has 0 amide bonds. The lowest BCUT2D eigenvalue weighted by atomic mass is 10.1. The second-order valence-corrected chi connectivity index (χ2v) is 3.06. The zero-order valence-electron chi connectivity index (χ0n) is 8.29. The van der Waals surface area contributed by atoms with Crippen LogP contribution < -0.4 is 0 Å². The summed E-state index contributed by atoms with van der Waals surface area (Å²) < 4.78 is 1.70. The Labute approximate surface area is 86.7 Å². The lowest BCUT2D eigenvalue weighted by Gasteiger charge is -2.00. The average molecular weight is 202 g/mol. The van der Waals surface area contributed by atoms with Crippen molar-refractivity contribution >= 4 is 6.29 Å². The van der Waals surface area contributed by atoms with Crippen LogP contribution in [-0.4, -0.2) is 26.5 Å². The van der Waals surface area contributed by atoms with E-state index >= 15 is 0 Å². The van der Waals surface area contributed by atoms with Crippen molar-refractivity contribution in [3.63, 3.8) is 0 Å². The van der Waals surface area contributed by atoms with Crippen molar-refractivity contribution < 1.29 is 4.79 Å². The number of tetrazole rings is 1. The quantitative estimate of drug-likeness (QED) is 0.701. The molecule has 0 fully saturated rings. The number of benzene rings is 1. The highest BCUT2D eigenvalue weighted by molar-refractivity contribution is 5.76. The van der Waals surface area contributed by atoms with E-state index in [2.05, 4.69) is 15.5 Å². The van der Waals surface area contributed by atoms with Crippen LogP contribution in [0.4, 0.5) is 0 Å². The predicted octanol–water partition coefficient (Wildman–Crippen LogP) is 1.17. The molecule has 0 saturated heterocycles. The summed E-state index contributed by atoms with van der Waals surface area (Å²) in [7, 11) is 0. The molecule has 0 bridgehead atoms. The summed E-state index contributed by atoms with van der Waals surface area (Å²) in [6.07, 6.45) is 0.812. The molecule has 76 valence electrons. The van der Waals surface area contributed by atoms with Gasteiger partial charge in [-0.15, -0.1) is 5.10 Å². The molecule has 5 nitrogen and oxygen atoms in total. The summed E-state index contributed by atoms with van der Waals surface area (Å²) in [6, 6.07) is 7.16. The monoisotopic (exact) mass is 202 g/mol. The highest BCUT2D eigenvalue weighted by Gasteiger charge is 2.06. The molecule has 0 aliphatic carbocycles. The summed E-state index contributed by atoms with van der Waals surface area (Å²) in [5.41, 5.74) is 1.56. The third-order valence-corrected chi connectivity index (χ3v) is 2.14. The van der Waals surface area contributed by atoms with Crippen molar-refractivity contribution in [1.29, 1.82) is 0 Å². The molecule has 0 atom stereocenters. The fourth-order valence-electron chi connectivity index (χ4n) is 1.34. The van der Waals surface area contributed by atoms with Gasteiger partial charge in [0.25, 0.3) is 0 Å². The Kier molecular flexibility index (Phi) is 2.53. The fraction of sp³-hybridized carbons (Fsp3) is 0.200. The van der Waals surface area contributed by atoms with Gasteiger partial charge in [-0.2, -0.15) is 0 Å². The first-order valence-electron chi connectivity index (χ1n) is 4.67. The molecule has 0 radical (unpaired) electrons. The number of aryl methyl sites for hydroxylation is 1. The van der Waals surface area contributed by atoms with Crippen molar-refractivity contribution in [1.82, 2.24) is 20.2 Å². The highest BCUT2D eigenvalue weighted by Crippen LogP contribution is 2.15. The van der Waals surface area contributed by atoms with Crippen LogP contribution in [0.3, 0.4) is 0 Å². The highest BCUT2D eigenvalue weighted by atomic mass is 16.1. The number of aldehydes is 1. The molecule has 2 aromatic rings. The SMILES string of the molecule is CCn1nnnc1-c1ccc(C=O)cc1. The van der Waals surface area contributed by atoms with Crippen LogP contribution in [0.1, 0.15) is 17.3 Å². The minimum atomic E-state index is 0.647. The van der Waals surface area contributed by atoms with Crippen LogP contribution >= 0.6 is 0 Å². The molecule has 1 heterocycles. The van der Waals surface area contributed by atoms with Gasteiger partial charge in [-0.1, -0.05) is 24.3 Å². The van der Waals surface area contributed by atoms with Crippen LogP contribution in [0.5, 0.6) is 0 Å². The summed E-state index contributed by atoms with van der Waals surface area (Å²) in [5.74, 6) is 0.718. The molecular weight excluding hydrogens is 192 g/mol. The maximum Gasteiger partial charge on any atom is 0.181 e. The van der Waals surface area contributed by atoms with Crippen molar-refractivity contribution in [2.75, 3.05) is 0 Å². The van der Waals surface area contributed by atoms with Crippen molar-refractivity contribution in [3.05, 3.63) is 29.8 Å². The van der Waals surface area contributed by atoms with Gasteiger partial charge < -0.3 is 0 Å². The molecule has 0 saturated carbocycles. The average Bonchev–Trinajstić information content (AvgIpc) is 2.77. The van der Waals surface area contributed by atoms with E-state index in [9.17, 15) is 4.79 Å². The van der Waals surface area contributed by atoms with Gasteiger partial charge in [0, 0.05) is 17.7 Å². The summed E-state index contributed by atoms with van der Waals surface area (Å²) >= 11 is 0. The molecule has 1 aromatic heterocycles. The van der Waals surface area contributed by atoms with Crippen molar-refractivity contribution in [3.8, 4) is 11.4 Å². The van der Waals surface area contributed by atoms with Crippen molar-refractivity contribution in [2.24, 2.45) is 0 Å². The largest absolute Gasteiger partial charge is 0.298 e. The normalized spacial score (nSPS) is 10.2. The van der Waals surface area contributed by atoms with Crippen LogP contribution in [0.2, 0.25) is 0 Å². The van der Waals surface area contributed by atoms with Crippen LogP contribution in [0, 0.1) is 0 Å². The van der Waals surface area contributed by atoms with Gasteiger partial charge in [-0.25, -0.2) is 4.68 Å². The second-order valence-electron chi connectivity index (χ2n) is 3.06. The lowest BCUT2D eigenvalue weighted by Crippen LogP contribution is -1.99. The summed E-state index contributed by atoms with van der Waals surface area (Å²) in [5, 5.41) is 11.4. The van der Waals surface area contributed by atoms with E-state index in [-0.39, 0.29) is 0 Å². The molecule has 0 spiro atoms. The van der Waals surface area contributed by atoms with Crippen molar-refractivity contribution in [2.45, 2.75) is 13.5 Å². The number of aromatic nitrogens is 4. The topological polar surface area (TPSA) is 60.7 Å². The van der Waals surface area contributed by atoms with E-state index in [1.54, 1.807) is 16.8 Å². The van der Waals surface area contributed by atoms with Crippen LogP contribution in [0.15, 0.2) is 24.3 Å². The van der Waals surface area contributed by atoms with Gasteiger partial charge in [0.2, 0.25) is 0 Å². The third-order valence-electron chi connectivity index (χ3n) is 2.14. The summed E-state index contributed by atoms with van der Waals surface area (Å²) in [6.45, 7) is 2.69. The van der Waals surface area contributed by atoms with Crippen LogP contribution in [0.25, 0.3) is 11.4 Å². The van der Waals surface area contributed by atoms with Gasteiger partial charge in [-0.05, 0) is 17.4 Å². The molecule has 0 unspecified atom stereocenters. The zero-order valence-corrected chi connectivity index (χ0v) is 8.29. The molecule has 1 aromatic carbocycles. The Balaban J connectivity index is 2.41. The maximum atomic E-state index is 10.5. The number of hydrogen-bond donors (Lipinski definition) is 0. The first-order chi connectivity index (χ1) is 7.35. The minimum absolute atomic E-state index is 0.647. The van der Waals surface area contributed by atoms with E-state index in [0.29, 0.717) is 5.56 Å². The molecule has 15 heavy (non-hydrogen) atoms. The third kappa shape index (κ3) is 1.76.